The molecule has 0 aliphatic carbocycles. The first-order chi connectivity index (χ1) is 11.7. The van der Waals surface area contributed by atoms with E-state index in [9.17, 15) is 4.39 Å². The van der Waals surface area contributed by atoms with Gasteiger partial charge in [0.25, 0.3) is 0 Å². The first-order valence-electron chi connectivity index (χ1n) is 8.30. The Kier molecular flexibility index (Phi) is 4.57. The molecule has 0 radical (unpaired) electrons. The van der Waals surface area contributed by atoms with Crippen molar-refractivity contribution in [1.29, 1.82) is 0 Å². The molecule has 0 saturated carbocycles. The Hall–Kier alpha value is -2.74. The van der Waals surface area contributed by atoms with Crippen molar-refractivity contribution in [1.82, 2.24) is 0 Å². The third-order valence-electron chi connectivity index (χ3n) is 4.15. The summed E-state index contributed by atoms with van der Waals surface area (Å²) in [5.74, 6) is -0.241. The maximum atomic E-state index is 14.0. The predicted molar refractivity (Wildman–Crippen MR) is 99.4 cm³/mol. The lowest BCUT2D eigenvalue weighted by Gasteiger charge is -2.11. The van der Waals surface area contributed by atoms with Crippen LogP contribution < -0.4 is 4.57 Å². The van der Waals surface area contributed by atoms with Crippen LogP contribution in [0.15, 0.2) is 72.9 Å². The number of fused-ring (bicyclic) bond motifs is 2. The van der Waals surface area contributed by atoms with Gasteiger partial charge in [0.2, 0.25) is 0 Å². The monoisotopic (exact) mass is 318 g/mol. The van der Waals surface area contributed by atoms with Crippen LogP contribution in [0.5, 0.6) is 0 Å². The van der Waals surface area contributed by atoms with E-state index in [1.165, 1.54) is 15.3 Å². The van der Waals surface area contributed by atoms with E-state index in [0.29, 0.717) is 0 Å². The van der Waals surface area contributed by atoms with Crippen LogP contribution in [-0.2, 0) is 7.05 Å². The summed E-state index contributed by atoms with van der Waals surface area (Å²) in [7, 11) is 1.71. The highest BCUT2D eigenvalue weighted by Crippen LogP contribution is 2.36. The summed E-state index contributed by atoms with van der Waals surface area (Å²) in [6.07, 6.45) is 1.77. The Labute approximate surface area is 142 Å². The van der Waals surface area contributed by atoms with Crippen molar-refractivity contribution < 1.29 is 8.96 Å². The lowest BCUT2D eigenvalue weighted by molar-refractivity contribution is -0.700. The second-order valence-electron chi connectivity index (χ2n) is 5.54. The summed E-state index contributed by atoms with van der Waals surface area (Å²) >= 11 is 0. The number of nitrogens with zero attached hydrogens (tertiary/aromatic N) is 1. The molecule has 4 rings (SSSR count). The zero-order valence-corrected chi connectivity index (χ0v) is 14.3. The molecule has 0 aliphatic heterocycles. The first-order valence-corrected chi connectivity index (χ1v) is 8.30. The molecule has 2 heteroatoms. The number of rotatable bonds is 1. The number of halogens is 1. The van der Waals surface area contributed by atoms with Crippen molar-refractivity contribution in [2.75, 3.05) is 0 Å². The van der Waals surface area contributed by atoms with Gasteiger partial charge in [-0.1, -0.05) is 62.4 Å². The lowest BCUT2D eigenvalue weighted by Crippen LogP contribution is -2.31. The Bertz CT molecular complexity index is 951. The van der Waals surface area contributed by atoms with E-state index in [2.05, 4.69) is 30.3 Å². The van der Waals surface area contributed by atoms with Crippen molar-refractivity contribution in [2.45, 2.75) is 13.8 Å². The maximum Gasteiger partial charge on any atom is 0.359 e. The van der Waals surface area contributed by atoms with Crippen LogP contribution in [0, 0.1) is 5.95 Å². The summed E-state index contributed by atoms with van der Waals surface area (Å²) < 4.78 is 15.5. The van der Waals surface area contributed by atoms with Gasteiger partial charge in [-0.15, -0.1) is 4.39 Å². The molecule has 0 spiro atoms. The molecule has 24 heavy (non-hydrogen) atoms. The Morgan fingerprint density at radius 1 is 0.750 bits per heavy atom. The van der Waals surface area contributed by atoms with Crippen LogP contribution in [0.25, 0.3) is 32.7 Å². The fourth-order valence-corrected chi connectivity index (χ4v) is 3.02. The van der Waals surface area contributed by atoms with E-state index in [1.54, 1.807) is 19.3 Å². The predicted octanol–water partition coefficient (Wildman–Crippen LogP) is 5.65. The minimum absolute atomic E-state index is 0.241. The molecule has 1 aromatic heterocycles. The van der Waals surface area contributed by atoms with Crippen LogP contribution in [0.4, 0.5) is 4.39 Å². The molecule has 0 bridgehead atoms. The fraction of sp³-hybridized carbons (Fsp3) is 0.136. The smallest absolute Gasteiger partial charge is 0.176 e. The molecule has 0 N–H and O–H groups in total. The van der Waals surface area contributed by atoms with Crippen LogP contribution in [0.2, 0.25) is 0 Å². The Balaban J connectivity index is 0.000000815. The quantitative estimate of drug-likeness (QED) is 0.242. The molecule has 4 aromatic rings. The number of hydrogen-bond acceptors (Lipinski definition) is 0. The lowest BCUT2D eigenvalue weighted by atomic mass is 9.92. The fourth-order valence-electron chi connectivity index (χ4n) is 3.02. The summed E-state index contributed by atoms with van der Waals surface area (Å²) in [6, 6.07) is 22.3. The summed E-state index contributed by atoms with van der Waals surface area (Å²) in [5, 5.41) is 4.64. The largest absolute Gasteiger partial charge is 0.359 e. The number of benzene rings is 3. The highest BCUT2D eigenvalue weighted by molar-refractivity contribution is 6.12. The van der Waals surface area contributed by atoms with Crippen molar-refractivity contribution in [3.63, 3.8) is 0 Å². The Morgan fingerprint density at radius 3 is 1.83 bits per heavy atom. The first kappa shape index (κ1) is 16.1. The van der Waals surface area contributed by atoms with E-state index in [0.717, 1.165) is 21.9 Å². The second-order valence-corrected chi connectivity index (χ2v) is 5.54. The van der Waals surface area contributed by atoms with Gasteiger partial charge in [0.1, 0.15) is 7.05 Å². The van der Waals surface area contributed by atoms with Crippen molar-refractivity contribution >= 4 is 21.5 Å². The van der Waals surface area contributed by atoms with Gasteiger partial charge in [-0.05, 0) is 38.7 Å². The van der Waals surface area contributed by atoms with Gasteiger partial charge in [-0.3, -0.25) is 0 Å². The third kappa shape index (κ3) is 2.76. The van der Waals surface area contributed by atoms with Crippen LogP contribution >= 0.6 is 0 Å². The van der Waals surface area contributed by atoms with E-state index < -0.39 is 0 Å². The van der Waals surface area contributed by atoms with E-state index >= 15 is 0 Å². The summed E-state index contributed by atoms with van der Waals surface area (Å²) in [6.45, 7) is 4.00. The highest BCUT2D eigenvalue weighted by atomic mass is 19.1. The van der Waals surface area contributed by atoms with Crippen LogP contribution in [0.3, 0.4) is 0 Å². The molecule has 0 aliphatic rings. The van der Waals surface area contributed by atoms with Crippen LogP contribution in [-0.4, -0.2) is 0 Å². The van der Waals surface area contributed by atoms with Crippen molar-refractivity contribution in [2.24, 2.45) is 7.05 Å². The van der Waals surface area contributed by atoms with Gasteiger partial charge in [0, 0.05) is 6.07 Å². The zero-order chi connectivity index (χ0) is 17.1. The molecule has 120 valence electrons. The molecule has 3 aromatic carbocycles. The molecule has 1 nitrogen and oxygen atoms in total. The standard InChI is InChI=1S/C20H15FN.C2H6/c1-22-11-10-16(13-19(22)21)20-17-8-4-2-6-14(17)12-15-7-3-5-9-18(15)20;1-2/h2-13H,1H3;1-2H3/q+1;. The van der Waals surface area contributed by atoms with Gasteiger partial charge in [0.05, 0.1) is 6.07 Å². The van der Waals surface area contributed by atoms with Crippen molar-refractivity contribution in [3.05, 3.63) is 78.9 Å². The van der Waals surface area contributed by atoms with Gasteiger partial charge in [0.15, 0.2) is 6.20 Å². The summed E-state index contributed by atoms with van der Waals surface area (Å²) in [4.78, 5) is 0. The van der Waals surface area contributed by atoms with E-state index in [4.69, 9.17) is 0 Å². The molecule has 0 unspecified atom stereocenters. The van der Waals surface area contributed by atoms with E-state index in [1.807, 2.05) is 44.2 Å². The van der Waals surface area contributed by atoms with Gasteiger partial charge >= 0.3 is 5.95 Å². The van der Waals surface area contributed by atoms with Gasteiger partial charge in [-0.25, -0.2) is 0 Å². The number of hydrogen-bond donors (Lipinski definition) is 0. The maximum absolute atomic E-state index is 14.0. The van der Waals surface area contributed by atoms with Crippen LogP contribution in [0.1, 0.15) is 13.8 Å². The molecule has 1 heterocycles. The molecule has 0 fully saturated rings. The average molecular weight is 318 g/mol. The molecule has 0 saturated heterocycles. The molecule has 0 amide bonds. The molecular formula is C22H21FN+. The van der Waals surface area contributed by atoms with Crippen molar-refractivity contribution in [3.8, 4) is 11.1 Å². The minimum atomic E-state index is -0.241. The Morgan fingerprint density at radius 2 is 1.29 bits per heavy atom. The number of aromatic nitrogens is 1. The molecule has 0 atom stereocenters. The highest BCUT2D eigenvalue weighted by Gasteiger charge is 2.13. The van der Waals surface area contributed by atoms with Gasteiger partial charge < -0.3 is 0 Å². The topological polar surface area (TPSA) is 3.88 Å². The summed E-state index contributed by atoms with van der Waals surface area (Å²) in [5.41, 5.74) is 2.00. The second kappa shape index (κ2) is 6.79. The average Bonchev–Trinajstić information content (AvgIpc) is 2.64. The van der Waals surface area contributed by atoms with E-state index in [-0.39, 0.29) is 5.95 Å². The van der Waals surface area contributed by atoms with Gasteiger partial charge in [-0.2, -0.15) is 4.57 Å². The number of aryl methyl sites for hydroxylation is 1. The molecular weight excluding hydrogens is 297 g/mol. The third-order valence-corrected chi connectivity index (χ3v) is 4.15. The zero-order valence-electron chi connectivity index (χ0n) is 14.3. The normalized spacial score (nSPS) is 10.5. The minimum Gasteiger partial charge on any atom is -0.176 e. The SMILES string of the molecule is CC.C[n+]1ccc(-c2c3ccccc3cc3ccccc23)cc1F. The number of pyridine rings is 1.